The summed E-state index contributed by atoms with van der Waals surface area (Å²) in [5.41, 5.74) is 1.22. The Labute approximate surface area is 62.1 Å². The second-order valence-corrected chi connectivity index (χ2v) is 3.19. The third kappa shape index (κ3) is 1.90. The standard InChI is InChI=1S/C9H14O/c1-7(2)4-9-5-8(3)6-10-9/h5-7H,4H2,1-3H3. The summed E-state index contributed by atoms with van der Waals surface area (Å²) in [6, 6.07) is 2.10. The molecule has 0 aliphatic carbocycles. The molecule has 0 saturated heterocycles. The van der Waals surface area contributed by atoms with E-state index in [0.717, 1.165) is 12.2 Å². The maximum absolute atomic E-state index is 5.28. The first kappa shape index (κ1) is 7.39. The summed E-state index contributed by atoms with van der Waals surface area (Å²) in [7, 11) is 0. The maximum Gasteiger partial charge on any atom is 0.104 e. The van der Waals surface area contributed by atoms with Crippen LogP contribution in [0.3, 0.4) is 0 Å². The Balaban J connectivity index is 2.58. The molecule has 1 aromatic rings. The molecule has 0 saturated carbocycles. The lowest BCUT2D eigenvalue weighted by Gasteiger charge is -1.98. The number of hydrogen-bond donors (Lipinski definition) is 0. The Morgan fingerprint density at radius 3 is 2.60 bits per heavy atom. The monoisotopic (exact) mass is 138 g/mol. The van der Waals surface area contributed by atoms with Crippen LogP contribution < -0.4 is 0 Å². The molecule has 0 atom stereocenters. The molecular weight excluding hydrogens is 124 g/mol. The third-order valence-corrected chi connectivity index (χ3v) is 1.39. The fourth-order valence-electron chi connectivity index (χ4n) is 1.00. The quantitative estimate of drug-likeness (QED) is 0.612. The van der Waals surface area contributed by atoms with Gasteiger partial charge in [-0.05, 0) is 24.5 Å². The van der Waals surface area contributed by atoms with Crippen LogP contribution in [-0.4, -0.2) is 0 Å². The maximum atomic E-state index is 5.28. The highest BCUT2D eigenvalue weighted by Crippen LogP contribution is 2.10. The molecule has 1 aromatic heterocycles. The minimum absolute atomic E-state index is 0.686. The fourth-order valence-corrected chi connectivity index (χ4v) is 1.00. The summed E-state index contributed by atoms with van der Waals surface area (Å²) in [6.07, 6.45) is 2.85. The van der Waals surface area contributed by atoms with Crippen LogP contribution in [0, 0.1) is 12.8 Å². The van der Waals surface area contributed by atoms with Gasteiger partial charge < -0.3 is 4.42 Å². The highest BCUT2D eigenvalue weighted by Gasteiger charge is 2.00. The van der Waals surface area contributed by atoms with Crippen LogP contribution in [0.2, 0.25) is 0 Å². The van der Waals surface area contributed by atoms with Crippen LogP contribution in [0.4, 0.5) is 0 Å². The summed E-state index contributed by atoms with van der Waals surface area (Å²) in [5.74, 6) is 1.79. The van der Waals surface area contributed by atoms with Gasteiger partial charge in [-0.15, -0.1) is 0 Å². The van der Waals surface area contributed by atoms with Crippen molar-refractivity contribution in [2.24, 2.45) is 5.92 Å². The van der Waals surface area contributed by atoms with Crippen molar-refractivity contribution in [3.63, 3.8) is 0 Å². The molecule has 0 radical (unpaired) electrons. The predicted octanol–water partition coefficient (Wildman–Crippen LogP) is 2.79. The molecule has 10 heavy (non-hydrogen) atoms. The molecule has 1 heterocycles. The summed E-state index contributed by atoms with van der Waals surface area (Å²) >= 11 is 0. The van der Waals surface area contributed by atoms with Gasteiger partial charge in [-0.2, -0.15) is 0 Å². The minimum atomic E-state index is 0.686. The molecule has 1 heteroatoms. The van der Waals surface area contributed by atoms with Gasteiger partial charge in [-0.1, -0.05) is 13.8 Å². The van der Waals surface area contributed by atoms with Gasteiger partial charge in [-0.25, -0.2) is 0 Å². The van der Waals surface area contributed by atoms with Crippen molar-refractivity contribution in [2.45, 2.75) is 27.2 Å². The predicted molar refractivity (Wildman–Crippen MR) is 42.0 cm³/mol. The Morgan fingerprint density at radius 1 is 1.50 bits per heavy atom. The molecule has 56 valence electrons. The van der Waals surface area contributed by atoms with Crippen LogP contribution in [0.5, 0.6) is 0 Å². The van der Waals surface area contributed by atoms with Crippen molar-refractivity contribution < 1.29 is 4.42 Å². The molecule has 0 bridgehead atoms. The van der Waals surface area contributed by atoms with Crippen molar-refractivity contribution >= 4 is 0 Å². The van der Waals surface area contributed by atoms with Gasteiger partial charge in [0.05, 0.1) is 6.26 Å². The van der Waals surface area contributed by atoms with Crippen LogP contribution in [0.15, 0.2) is 16.7 Å². The van der Waals surface area contributed by atoms with E-state index in [2.05, 4.69) is 19.9 Å². The van der Waals surface area contributed by atoms with Gasteiger partial charge in [0, 0.05) is 6.42 Å². The molecule has 0 unspecified atom stereocenters. The van der Waals surface area contributed by atoms with Crippen molar-refractivity contribution in [1.29, 1.82) is 0 Å². The molecule has 1 rings (SSSR count). The zero-order valence-electron chi connectivity index (χ0n) is 6.85. The van der Waals surface area contributed by atoms with E-state index in [4.69, 9.17) is 4.42 Å². The van der Waals surface area contributed by atoms with E-state index in [1.54, 1.807) is 6.26 Å². The second kappa shape index (κ2) is 2.91. The van der Waals surface area contributed by atoms with E-state index in [0.29, 0.717) is 5.92 Å². The molecule has 0 amide bonds. The molecule has 0 fully saturated rings. The summed E-state index contributed by atoms with van der Waals surface area (Å²) in [5, 5.41) is 0. The molecule has 0 spiro atoms. The summed E-state index contributed by atoms with van der Waals surface area (Å²) in [4.78, 5) is 0. The van der Waals surface area contributed by atoms with Gasteiger partial charge in [0.1, 0.15) is 5.76 Å². The van der Waals surface area contributed by atoms with Gasteiger partial charge in [0.2, 0.25) is 0 Å². The molecule has 0 aliphatic heterocycles. The average molecular weight is 138 g/mol. The smallest absolute Gasteiger partial charge is 0.104 e. The zero-order valence-corrected chi connectivity index (χ0v) is 6.85. The van der Waals surface area contributed by atoms with Crippen LogP contribution >= 0.6 is 0 Å². The second-order valence-electron chi connectivity index (χ2n) is 3.19. The third-order valence-electron chi connectivity index (χ3n) is 1.39. The number of hydrogen-bond acceptors (Lipinski definition) is 1. The van der Waals surface area contributed by atoms with Crippen molar-refractivity contribution in [1.82, 2.24) is 0 Å². The van der Waals surface area contributed by atoms with Gasteiger partial charge in [-0.3, -0.25) is 0 Å². The fraction of sp³-hybridized carbons (Fsp3) is 0.556. The normalized spacial score (nSPS) is 10.8. The lowest BCUT2D eigenvalue weighted by molar-refractivity contribution is 0.472. The van der Waals surface area contributed by atoms with Crippen LogP contribution in [0.25, 0.3) is 0 Å². The minimum Gasteiger partial charge on any atom is -0.469 e. The molecule has 0 aromatic carbocycles. The van der Waals surface area contributed by atoms with E-state index in [1.807, 2.05) is 6.92 Å². The molecule has 0 N–H and O–H groups in total. The van der Waals surface area contributed by atoms with Crippen molar-refractivity contribution in [3.8, 4) is 0 Å². The summed E-state index contributed by atoms with van der Waals surface area (Å²) < 4.78 is 5.28. The van der Waals surface area contributed by atoms with E-state index in [1.165, 1.54) is 5.56 Å². The van der Waals surface area contributed by atoms with E-state index >= 15 is 0 Å². The van der Waals surface area contributed by atoms with Crippen molar-refractivity contribution in [2.75, 3.05) is 0 Å². The first-order valence-corrected chi connectivity index (χ1v) is 3.72. The highest BCUT2D eigenvalue weighted by atomic mass is 16.3. The van der Waals surface area contributed by atoms with Gasteiger partial charge in [0.15, 0.2) is 0 Å². The summed E-state index contributed by atoms with van der Waals surface area (Å²) in [6.45, 7) is 6.43. The molecular formula is C9H14O. The van der Waals surface area contributed by atoms with E-state index < -0.39 is 0 Å². The molecule has 1 nitrogen and oxygen atoms in total. The first-order valence-electron chi connectivity index (χ1n) is 3.72. The van der Waals surface area contributed by atoms with Crippen LogP contribution in [0.1, 0.15) is 25.2 Å². The number of rotatable bonds is 2. The van der Waals surface area contributed by atoms with Gasteiger partial charge >= 0.3 is 0 Å². The Hall–Kier alpha value is -0.720. The lowest BCUT2D eigenvalue weighted by Crippen LogP contribution is -1.90. The molecule has 0 aliphatic rings. The zero-order chi connectivity index (χ0) is 7.56. The van der Waals surface area contributed by atoms with E-state index in [9.17, 15) is 0 Å². The van der Waals surface area contributed by atoms with E-state index in [-0.39, 0.29) is 0 Å². The Morgan fingerprint density at radius 2 is 2.20 bits per heavy atom. The average Bonchev–Trinajstić information content (AvgIpc) is 2.13. The topological polar surface area (TPSA) is 13.1 Å². The first-order chi connectivity index (χ1) is 4.68. The van der Waals surface area contributed by atoms with Gasteiger partial charge in [0.25, 0.3) is 0 Å². The Kier molecular flexibility index (Phi) is 2.15. The van der Waals surface area contributed by atoms with Crippen molar-refractivity contribution in [3.05, 3.63) is 23.7 Å². The number of furan rings is 1. The lowest BCUT2D eigenvalue weighted by atomic mass is 10.1. The number of aryl methyl sites for hydroxylation is 1. The van der Waals surface area contributed by atoms with Crippen LogP contribution in [-0.2, 0) is 6.42 Å². The Bertz CT molecular complexity index is 198. The largest absolute Gasteiger partial charge is 0.469 e. The highest BCUT2D eigenvalue weighted by molar-refractivity contribution is 5.10. The SMILES string of the molecule is Cc1coc(CC(C)C)c1.